The van der Waals surface area contributed by atoms with Gasteiger partial charge in [0.1, 0.15) is 0 Å². The Morgan fingerprint density at radius 3 is 2.77 bits per heavy atom. The van der Waals surface area contributed by atoms with Crippen LogP contribution in [0.5, 0.6) is 11.5 Å². The molecule has 0 bridgehead atoms. The van der Waals surface area contributed by atoms with Crippen molar-refractivity contribution in [2.75, 3.05) is 31.7 Å². The van der Waals surface area contributed by atoms with Crippen molar-refractivity contribution in [2.45, 2.75) is 19.8 Å². The number of benzene rings is 1. The van der Waals surface area contributed by atoms with Gasteiger partial charge in [-0.2, -0.15) is 0 Å². The molecule has 7 nitrogen and oxygen atoms in total. The minimum atomic E-state index is -0.885. The summed E-state index contributed by atoms with van der Waals surface area (Å²) in [5.41, 5.74) is 0.634. The van der Waals surface area contributed by atoms with Crippen molar-refractivity contribution >= 4 is 17.6 Å². The number of aliphatic carboxylic acids is 1. The molecular weight excluding hydrogens is 288 g/mol. The van der Waals surface area contributed by atoms with Gasteiger partial charge in [-0.3, -0.25) is 14.5 Å². The summed E-state index contributed by atoms with van der Waals surface area (Å²) < 4.78 is 10.5. The molecule has 1 heterocycles. The number of ether oxygens (including phenoxy) is 2. The summed E-state index contributed by atoms with van der Waals surface area (Å²) in [6.07, 6.45) is 1.08. The lowest BCUT2D eigenvalue weighted by atomic mass is 10.2. The molecule has 22 heavy (non-hydrogen) atoms. The summed E-state index contributed by atoms with van der Waals surface area (Å²) in [6.45, 7) is 3.18. The molecule has 1 aliphatic rings. The maximum atomic E-state index is 11.9. The summed E-state index contributed by atoms with van der Waals surface area (Å²) in [4.78, 5) is 24.5. The van der Waals surface area contributed by atoms with Crippen LogP contribution in [0.4, 0.5) is 5.69 Å². The molecule has 0 aromatic heterocycles. The van der Waals surface area contributed by atoms with Crippen LogP contribution in [-0.4, -0.2) is 48.3 Å². The van der Waals surface area contributed by atoms with Gasteiger partial charge in [-0.1, -0.05) is 6.92 Å². The Morgan fingerprint density at radius 2 is 2.05 bits per heavy atom. The molecule has 120 valence electrons. The fraction of sp³-hybridized carbons (Fsp3) is 0.467. The molecule has 0 fully saturated rings. The van der Waals surface area contributed by atoms with Crippen molar-refractivity contribution in [3.63, 3.8) is 0 Å². The largest absolute Gasteiger partial charge is 0.480 e. The summed E-state index contributed by atoms with van der Waals surface area (Å²) in [5, 5.41) is 11.6. The molecule has 7 heteroatoms. The number of carboxylic acid groups (broad SMARTS) is 1. The van der Waals surface area contributed by atoms with Crippen LogP contribution >= 0.6 is 0 Å². The van der Waals surface area contributed by atoms with Crippen LogP contribution in [0.2, 0.25) is 0 Å². The number of amides is 1. The standard InChI is InChI=1S/C15H20N2O5/c1-2-6-17(9-15(19)20)7-5-14(18)16-11-3-4-12-13(8-11)22-10-21-12/h3-4,8H,2,5-7,9-10H2,1H3,(H,16,18)(H,19,20). The number of carboxylic acids is 1. The van der Waals surface area contributed by atoms with E-state index >= 15 is 0 Å². The molecule has 0 saturated heterocycles. The van der Waals surface area contributed by atoms with Crippen molar-refractivity contribution in [2.24, 2.45) is 0 Å². The first-order chi connectivity index (χ1) is 10.6. The van der Waals surface area contributed by atoms with Crippen LogP contribution < -0.4 is 14.8 Å². The van der Waals surface area contributed by atoms with E-state index in [0.717, 1.165) is 6.42 Å². The van der Waals surface area contributed by atoms with Crippen LogP contribution in [-0.2, 0) is 9.59 Å². The highest BCUT2D eigenvalue weighted by Crippen LogP contribution is 2.34. The van der Waals surface area contributed by atoms with Gasteiger partial charge in [-0.25, -0.2) is 0 Å². The van der Waals surface area contributed by atoms with Gasteiger partial charge in [-0.15, -0.1) is 0 Å². The zero-order chi connectivity index (χ0) is 15.9. The third kappa shape index (κ3) is 4.63. The molecule has 0 radical (unpaired) electrons. The number of fused-ring (bicyclic) bond motifs is 1. The van der Waals surface area contributed by atoms with E-state index in [1.54, 1.807) is 23.1 Å². The molecule has 1 aliphatic heterocycles. The second-order valence-electron chi connectivity index (χ2n) is 5.04. The van der Waals surface area contributed by atoms with E-state index in [4.69, 9.17) is 14.6 Å². The summed E-state index contributed by atoms with van der Waals surface area (Å²) in [6, 6.07) is 5.19. The van der Waals surface area contributed by atoms with Gasteiger partial charge >= 0.3 is 5.97 Å². The number of hydrogen-bond donors (Lipinski definition) is 2. The Morgan fingerprint density at radius 1 is 1.27 bits per heavy atom. The van der Waals surface area contributed by atoms with Gasteiger partial charge in [0.2, 0.25) is 12.7 Å². The number of hydrogen-bond acceptors (Lipinski definition) is 5. The molecule has 1 aromatic rings. The van der Waals surface area contributed by atoms with Crippen molar-refractivity contribution in [3.05, 3.63) is 18.2 Å². The molecule has 1 aromatic carbocycles. The fourth-order valence-electron chi connectivity index (χ4n) is 2.23. The molecule has 1 amide bonds. The topological polar surface area (TPSA) is 88.1 Å². The smallest absolute Gasteiger partial charge is 0.317 e. The highest BCUT2D eigenvalue weighted by atomic mass is 16.7. The Balaban J connectivity index is 1.83. The van der Waals surface area contributed by atoms with Crippen LogP contribution in [0.25, 0.3) is 0 Å². The summed E-state index contributed by atoms with van der Waals surface area (Å²) in [7, 11) is 0. The zero-order valence-corrected chi connectivity index (χ0v) is 12.5. The minimum absolute atomic E-state index is 0.0505. The first-order valence-corrected chi connectivity index (χ1v) is 7.22. The lowest BCUT2D eigenvalue weighted by molar-refractivity contribution is -0.138. The van der Waals surface area contributed by atoms with Gasteiger partial charge in [0.15, 0.2) is 11.5 Å². The molecular formula is C15H20N2O5. The van der Waals surface area contributed by atoms with Gasteiger partial charge < -0.3 is 19.9 Å². The highest BCUT2D eigenvalue weighted by molar-refractivity contribution is 5.91. The number of carbonyl (C=O) groups excluding carboxylic acids is 1. The third-order valence-corrected chi connectivity index (χ3v) is 3.21. The van der Waals surface area contributed by atoms with E-state index < -0.39 is 5.97 Å². The van der Waals surface area contributed by atoms with Crippen molar-refractivity contribution in [1.29, 1.82) is 0 Å². The Hall–Kier alpha value is -2.28. The van der Waals surface area contributed by atoms with E-state index in [2.05, 4.69) is 5.32 Å². The highest BCUT2D eigenvalue weighted by Gasteiger charge is 2.15. The first-order valence-electron chi connectivity index (χ1n) is 7.22. The van der Waals surface area contributed by atoms with Gasteiger partial charge in [0, 0.05) is 24.7 Å². The van der Waals surface area contributed by atoms with Crippen molar-refractivity contribution in [1.82, 2.24) is 4.90 Å². The van der Waals surface area contributed by atoms with E-state index in [1.807, 2.05) is 6.92 Å². The number of nitrogens with one attached hydrogen (secondary N) is 1. The van der Waals surface area contributed by atoms with E-state index in [1.165, 1.54) is 0 Å². The summed E-state index contributed by atoms with van der Waals surface area (Å²) >= 11 is 0. The SMILES string of the molecule is CCCN(CCC(=O)Nc1ccc2c(c1)OCO2)CC(=O)O. The Bertz CT molecular complexity index is 547. The van der Waals surface area contributed by atoms with Crippen LogP contribution in [0.15, 0.2) is 18.2 Å². The lowest BCUT2D eigenvalue weighted by Gasteiger charge is -2.18. The molecule has 0 saturated carbocycles. The third-order valence-electron chi connectivity index (χ3n) is 3.21. The summed E-state index contributed by atoms with van der Waals surface area (Å²) in [5.74, 6) is 0.222. The predicted molar refractivity (Wildman–Crippen MR) is 80.2 cm³/mol. The van der Waals surface area contributed by atoms with Gasteiger partial charge in [0.05, 0.1) is 6.54 Å². The number of anilines is 1. The normalized spacial score (nSPS) is 12.5. The van der Waals surface area contributed by atoms with Gasteiger partial charge in [-0.05, 0) is 25.1 Å². The molecule has 2 N–H and O–H groups in total. The second kappa shape index (κ2) is 7.65. The monoisotopic (exact) mass is 308 g/mol. The predicted octanol–water partition coefficient (Wildman–Crippen LogP) is 1.54. The average Bonchev–Trinajstić information content (AvgIpc) is 2.92. The van der Waals surface area contributed by atoms with Crippen LogP contribution in [0.1, 0.15) is 19.8 Å². The van der Waals surface area contributed by atoms with E-state index in [9.17, 15) is 9.59 Å². The molecule has 0 atom stereocenters. The van der Waals surface area contributed by atoms with E-state index in [-0.39, 0.29) is 25.7 Å². The number of rotatable bonds is 8. The number of nitrogens with zero attached hydrogens (tertiary/aromatic N) is 1. The maximum Gasteiger partial charge on any atom is 0.317 e. The molecule has 0 unspecified atom stereocenters. The maximum absolute atomic E-state index is 11.9. The minimum Gasteiger partial charge on any atom is -0.480 e. The lowest BCUT2D eigenvalue weighted by Crippen LogP contribution is -2.33. The second-order valence-corrected chi connectivity index (χ2v) is 5.04. The fourth-order valence-corrected chi connectivity index (χ4v) is 2.23. The van der Waals surface area contributed by atoms with Crippen molar-refractivity contribution < 1.29 is 24.2 Å². The Kier molecular flexibility index (Phi) is 5.60. The quantitative estimate of drug-likeness (QED) is 0.757. The van der Waals surface area contributed by atoms with E-state index in [0.29, 0.717) is 30.3 Å². The Labute approximate surface area is 128 Å². The van der Waals surface area contributed by atoms with Crippen molar-refractivity contribution in [3.8, 4) is 11.5 Å². The zero-order valence-electron chi connectivity index (χ0n) is 12.5. The first kappa shape index (κ1) is 16.1. The van der Waals surface area contributed by atoms with Gasteiger partial charge in [0.25, 0.3) is 0 Å². The molecule has 0 aliphatic carbocycles. The van der Waals surface area contributed by atoms with Crippen LogP contribution in [0, 0.1) is 0 Å². The average molecular weight is 308 g/mol. The van der Waals surface area contributed by atoms with Crippen LogP contribution in [0.3, 0.4) is 0 Å². The molecule has 2 rings (SSSR count). The number of carbonyl (C=O) groups is 2. The molecule has 0 spiro atoms.